The summed E-state index contributed by atoms with van der Waals surface area (Å²) in [6, 6.07) is 4.40. The van der Waals surface area contributed by atoms with E-state index >= 15 is 0 Å². The first-order valence-electron chi connectivity index (χ1n) is 5.97. The van der Waals surface area contributed by atoms with E-state index in [0.29, 0.717) is 6.54 Å². The maximum Gasteiger partial charge on any atom is 0.339 e. The number of hydrogen-bond acceptors (Lipinski definition) is 3. The van der Waals surface area contributed by atoms with E-state index < -0.39 is 5.97 Å². The van der Waals surface area contributed by atoms with Gasteiger partial charge >= 0.3 is 5.97 Å². The molecule has 0 saturated carbocycles. The maximum atomic E-state index is 11.5. The van der Waals surface area contributed by atoms with E-state index in [1.165, 1.54) is 18.2 Å². The molecule has 5 nitrogen and oxygen atoms in total. The zero-order chi connectivity index (χ0) is 14.3. The number of unbranched alkanes of at least 4 members (excludes halogenated alkanes) is 1. The Labute approximate surface area is 116 Å². The van der Waals surface area contributed by atoms with E-state index in [-0.39, 0.29) is 28.8 Å². The van der Waals surface area contributed by atoms with E-state index in [1.807, 2.05) is 6.92 Å². The highest BCUT2D eigenvalue weighted by Crippen LogP contribution is 2.28. The highest BCUT2D eigenvalue weighted by atomic mass is 35.5. The molecule has 1 aromatic rings. The summed E-state index contributed by atoms with van der Waals surface area (Å²) in [5.41, 5.74) is -0.0612. The van der Waals surface area contributed by atoms with E-state index in [0.717, 1.165) is 12.8 Å². The van der Waals surface area contributed by atoms with Gasteiger partial charge in [-0.25, -0.2) is 4.79 Å². The normalized spacial score (nSPS) is 10.0. The Kier molecular flexibility index (Phi) is 6.15. The van der Waals surface area contributed by atoms with Gasteiger partial charge in [-0.3, -0.25) is 4.79 Å². The molecule has 0 aliphatic rings. The van der Waals surface area contributed by atoms with Crippen LogP contribution >= 0.6 is 11.6 Å². The number of carboxylic acids is 1. The lowest BCUT2D eigenvalue weighted by atomic mass is 10.2. The predicted molar refractivity (Wildman–Crippen MR) is 71.8 cm³/mol. The third kappa shape index (κ3) is 4.79. The van der Waals surface area contributed by atoms with Gasteiger partial charge in [-0.2, -0.15) is 0 Å². The molecule has 0 aromatic heterocycles. The van der Waals surface area contributed by atoms with Gasteiger partial charge in [0.05, 0.1) is 5.02 Å². The summed E-state index contributed by atoms with van der Waals surface area (Å²) in [7, 11) is 0. The maximum absolute atomic E-state index is 11.5. The summed E-state index contributed by atoms with van der Waals surface area (Å²) >= 11 is 5.86. The molecule has 0 aliphatic heterocycles. The SMILES string of the molecule is CCCCNC(=O)COc1c(Cl)cccc1C(=O)O. The number of nitrogens with one attached hydrogen (secondary N) is 1. The largest absolute Gasteiger partial charge is 0.481 e. The number of carbonyl (C=O) groups is 2. The fourth-order valence-corrected chi connectivity index (χ4v) is 1.65. The van der Waals surface area contributed by atoms with Crippen molar-refractivity contribution in [1.29, 1.82) is 0 Å². The number of para-hydroxylation sites is 1. The zero-order valence-corrected chi connectivity index (χ0v) is 11.4. The monoisotopic (exact) mass is 285 g/mol. The molecule has 0 bridgehead atoms. The highest BCUT2D eigenvalue weighted by Gasteiger charge is 2.15. The summed E-state index contributed by atoms with van der Waals surface area (Å²) < 4.78 is 5.20. The van der Waals surface area contributed by atoms with Crippen LogP contribution in [-0.2, 0) is 4.79 Å². The smallest absolute Gasteiger partial charge is 0.339 e. The Morgan fingerprint density at radius 1 is 1.42 bits per heavy atom. The third-order valence-corrected chi connectivity index (χ3v) is 2.70. The molecule has 2 N–H and O–H groups in total. The van der Waals surface area contributed by atoms with Crippen LogP contribution < -0.4 is 10.1 Å². The molecule has 0 atom stereocenters. The minimum Gasteiger partial charge on any atom is -0.481 e. The summed E-state index contributed by atoms with van der Waals surface area (Å²) in [6.45, 7) is 2.34. The molecule has 0 radical (unpaired) electrons. The van der Waals surface area contributed by atoms with Crippen molar-refractivity contribution in [3.05, 3.63) is 28.8 Å². The molecule has 19 heavy (non-hydrogen) atoms. The second kappa shape index (κ2) is 7.63. The lowest BCUT2D eigenvalue weighted by Crippen LogP contribution is -2.29. The number of halogens is 1. The van der Waals surface area contributed by atoms with Crippen LogP contribution in [0.5, 0.6) is 5.75 Å². The Hall–Kier alpha value is -1.75. The number of aromatic carboxylic acids is 1. The van der Waals surface area contributed by atoms with Crippen LogP contribution in [0.25, 0.3) is 0 Å². The van der Waals surface area contributed by atoms with Crippen LogP contribution in [0.4, 0.5) is 0 Å². The first kappa shape index (κ1) is 15.3. The molecular formula is C13H16ClNO4. The molecule has 0 fully saturated rings. The Morgan fingerprint density at radius 2 is 2.16 bits per heavy atom. The molecule has 0 unspecified atom stereocenters. The molecule has 104 valence electrons. The molecule has 1 aromatic carbocycles. The number of carboxylic acid groups (broad SMARTS) is 1. The van der Waals surface area contributed by atoms with Crippen LogP contribution in [0.2, 0.25) is 5.02 Å². The second-order valence-electron chi connectivity index (χ2n) is 3.91. The van der Waals surface area contributed by atoms with Crippen LogP contribution in [0, 0.1) is 0 Å². The minimum absolute atomic E-state index is 0.0160. The summed E-state index contributed by atoms with van der Waals surface area (Å²) in [5.74, 6) is -1.43. The highest BCUT2D eigenvalue weighted by molar-refractivity contribution is 6.32. The number of ether oxygens (including phenoxy) is 1. The topological polar surface area (TPSA) is 75.6 Å². The van der Waals surface area contributed by atoms with Gasteiger partial charge in [0, 0.05) is 6.54 Å². The van der Waals surface area contributed by atoms with Gasteiger partial charge in [0.2, 0.25) is 0 Å². The van der Waals surface area contributed by atoms with Crippen LogP contribution in [0.15, 0.2) is 18.2 Å². The van der Waals surface area contributed by atoms with E-state index in [4.69, 9.17) is 21.4 Å². The van der Waals surface area contributed by atoms with Gasteiger partial charge in [0.25, 0.3) is 5.91 Å². The van der Waals surface area contributed by atoms with Crippen molar-refractivity contribution in [1.82, 2.24) is 5.32 Å². The van der Waals surface area contributed by atoms with Gasteiger partial charge in [-0.1, -0.05) is 31.0 Å². The quantitative estimate of drug-likeness (QED) is 0.754. The third-order valence-electron chi connectivity index (χ3n) is 2.40. The van der Waals surface area contributed by atoms with E-state index in [9.17, 15) is 9.59 Å². The lowest BCUT2D eigenvalue weighted by Gasteiger charge is -2.10. The minimum atomic E-state index is -1.15. The molecule has 0 heterocycles. The van der Waals surface area contributed by atoms with Crippen molar-refractivity contribution < 1.29 is 19.4 Å². The number of carbonyl (C=O) groups excluding carboxylic acids is 1. The molecule has 1 rings (SSSR count). The predicted octanol–water partition coefficient (Wildman–Crippen LogP) is 2.33. The van der Waals surface area contributed by atoms with Gasteiger partial charge in [-0.15, -0.1) is 0 Å². The van der Waals surface area contributed by atoms with Gasteiger partial charge in [-0.05, 0) is 18.6 Å². The number of hydrogen-bond donors (Lipinski definition) is 2. The zero-order valence-electron chi connectivity index (χ0n) is 10.6. The fraction of sp³-hybridized carbons (Fsp3) is 0.385. The van der Waals surface area contributed by atoms with Crippen molar-refractivity contribution in [3.63, 3.8) is 0 Å². The molecule has 1 amide bonds. The average Bonchev–Trinajstić information content (AvgIpc) is 2.37. The standard InChI is InChI=1S/C13H16ClNO4/c1-2-3-7-15-11(16)8-19-12-9(13(17)18)5-4-6-10(12)14/h4-6H,2-3,7-8H2,1H3,(H,15,16)(H,17,18). The Bertz CT molecular complexity index is 462. The van der Waals surface area contributed by atoms with Crippen molar-refractivity contribution in [2.24, 2.45) is 0 Å². The first-order chi connectivity index (χ1) is 9.06. The van der Waals surface area contributed by atoms with Crippen LogP contribution in [0.3, 0.4) is 0 Å². The summed E-state index contributed by atoms with van der Waals surface area (Å²) in [5, 5.41) is 11.8. The average molecular weight is 286 g/mol. The summed E-state index contributed by atoms with van der Waals surface area (Å²) in [4.78, 5) is 22.4. The van der Waals surface area contributed by atoms with E-state index in [2.05, 4.69) is 5.32 Å². The van der Waals surface area contributed by atoms with Gasteiger partial charge in [0.1, 0.15) is 5.56 Å². The molecule has 0 spiro atoms. The van der Waals surface area contributed by atoms with Crippen molar-refractivity contribution in [2.75, 3.05) is 13.2 Å². The number of benzene rings is 1. The van der Waals surface area contributed by atoms with Crippen LogP contribution in [-0.4, -0.2) is 30.1 Å². The van der Waals surface area contributed by atoms with Gasteiger partial charge < -0.3 is 15.2 Å². The molecule has 0 aliphatic carbocycles. The first-order valence-corrected chi connectivity index (χ1v) is 6.35. The van der Waals surface area contributed by atoms with Crippen molar-refractivity contribution in [3.8, 4) is 5.75 Å². The number of amides is 1. The van der Waals surface area contributed by atoms with Crippen LogP contribution in [0.1, 0.15) is 30.1 Å². The second-order valence-corrected chi connectivity index (χ2v) is 4.32. The van der Waals surface area contributed by atoms with Gasteiger partial charge in [0.15, 0.2) is 12.4 Å². The lowest BCUT2D eigenvalue weighted by molar-refractivity contribution is -0.123. The molecule has 6 heteroatoms. The van der Waals surface area contributed by atoms with E-state index in [1.54, 1.807) is 0 Å². The summed E-state index contributed by atoms with van der Waals surface area (Å²) in [6.07, 6.45) is 1.87. The Balaban J connectivity index is 2.62. The van der Waals surface area contributed by atoms with Crippen molar-refractivity contribution in [2.45, 2.75) is 19.8 Å². The molecular weight excluding hydrogens is 270 g/mol. The number of rotatable bonds is 7. The molecule has 0 saturated heterocycles. The van der Waals surface area contributed by atoms with Crippen molar-refractivity contribution >= 4 is 23.5 Å². The Morgan fingerprint density at radius 3 is 2.79 bits per heavy atom. The fourth-order valence-electron chi connectivity index (χ4n) is 1.42.